The fourth-order valence-corrected chi connectivity index (χ4v) is 2.45. The highest BCUT2D eigenvalue weighted by atomic mass is 16.3. The van der Waals surface area contributed by atoms with Gasteiger partial charge in [0.2, 0.25) is 5.89 Å². The Morgan fingerprint density at radius 1 is 1.53 bits per heavy atom. The molecule has 1 aliphatic heterocycles. The van der Waals surface area contributed by atoms with Crippen molar-refractivity contribution in [2.24, 2.45) is 0 Å². The molecular weight excluding hydrogens is 216 g/mol. The lowest BCUT2D eigenvalue weighted by Crippen LogP contribution is -2.30. The molecule has 1 aromatic heterocycles. The first-order chi connectivity index (χ1) is 8.13. The molecule has 1 fully saturated rings. The second kappa shape index (κ2) is 5.19. The number of aliphatic hydroxyl groups excluding tert-OH is 1. The van der Waals surface area contributed by atoms with Crippen LogP contribution in [0.25, 0.3) is 0 Å². The van der Waals surface area contributed by atoms with Crippen molar-refractivity contribution in [3.8, 4) is 0 Å². The van der Waals surface area contributed by atoms with Crippen LogP contribution in [0.15, 0.2) is 10.7 Å². The monoisotopic (exact) mass is 238 g/mol. The number of rotatable bonds is 4. The summed E-state index contributed by atoms with van der Waals surface area (Å²) in [7, 11) is 0. The van der Waals surface area contributed by atoms with Gasteiger partial charge in [0.05, 0.1) is 18.3 Å². The molecule has 2 rings (SSSR count). The Morgan fingerprint density at radius 2 is 2.29 bits per heavy atom. The molecule has 96 valence electrons. The summed E-state index contributed by atoms with van der Waals surface area (Å²) in [4.78, 5) is 6.96. The van der Waals surface area contributed by atoms with Gasteiger partial charge in [-0.25, -0.2) is 4.98 Å². The molecule has 0 spiro atoms. The van der Waals surface area contributed by atoms with E-state index in [1.165, 1.54) is 6.42 Å². The van der Waals surface area contributed by atoms with Gasteiger partial charge in [0.15, 0.2) is 0 Å². The van der Waals surface area contributed by atoms with E-state index < -0.39 is 0 Å². The van der Waals surface area contributed by atoms with Gasteiger partial charge in [-0.15, -0.1) is 0 Å². The third-order valence-corrected chi connectivity index (χ3v) is 3.56. The van der Waals surface area contributed by atoms with Gasteiger partial charge in [-0.1, -0.05) is 6.92 Å². The molecule has 1 saturated heterocycles. The van der Waals surface area contributed by atoms with Crippen LogP contribution >= 0.6 is 0 Å². The van der Waals surface area contributed by atoms with Crippen LogP contribution in [0.5, 0.6) is 0 Å². The molecule has 0 amide bonds. The van der Waals surface area contributed by atoms with Crippen LogP contribution in [0.3, 0.4) is 0 Å². The smallest absolute Gasteiger partial charge is 0.211 e. The summed E-state index contributed by atoms with van der Waals surface area (Å²) in [5.41, 5.74) is 0.859. The Hall–Kier alpha value is -0.870. The topological polar surface area (TPSA) is 49.5 Å². The molecule has 1 aromatic rings. The van der Waals surface area contributed by atoms with Crippen molar-refractivity contribution >= 4 is 0 Å². The number of hydrogen-bond acceptors (Lipinski definition) is 4. The van der Waals surface area contributed by atoms with Gasteiger partial charge in [0.1, 0.15) is 6.26 Å². The van der Waals surface area contributed by atoms with Crippen LogP contribution in [-0.2, 0) is 0 Å². The normalized spacial score (nSPS) is 23.5. The third-order valence-electron chi connectivity index (χ3n) is 3.56. The molecule has 1 N–H and O–H groups in total. The SMILES string of the molecule is CC(CO)c1coc(C2CCCN2C(C)C)n1. The van der Waals surface area contributed by atoms with Crippen LogP contribution in [-0.4, -0.2) is 34.2 Å². The highest BCUT2D eigenvalue weighted by Crippen LogP contribution is 2.33. The van der Waals surface area contributed by atoms with Crippen LogP contribution in [0.4, 0.5) is 0 Å². The Morgan fingerprint density at radius 3 is 2.94 bits per heavy atom. The summed E-state index contributed by atoms with van der Waals surface area (Å²) >= 11 is 0. The van der Waals surface area contributed by atoms with E-state index in [1.54, 1.807) is 6.26 Å². The number of oxazole rings is 1. The number of hydrogen-bond donors (Lipinski definition) is 1. The van der Waals surface area contributed by atoms with Crippen molar-refractivity contribution in [2.45, 2.75) is 51.6 Å². The molecule has 0 bridgehead atoms. The second-order valence-corrected chi connectivity index (χ2v) is 5.18. The molecule has 0 aliphatic carbocycles. The van der Waals surface area contributed by atoms with Gasteiger partial charge in [-0.05, 0) is 33.2 Å². The zero-order chi connectivity index (χ0) is 12.4. The first kappa shape index (κ1) is 12.6. The molecule has 4 nitrogen and oxygen atoms in total. The molecule has 0 radical (unpaired) electrons. The number of nitrogens with zero attached hydrogens (tertiary/aromatic N) is 2. The predicted octanol–water partition coefficient (Wildman–Crippen LogP) is 2.32. The maximum absolute atomic E-state index is 9.11. The van der Waals surface area contributed by atoms with E-state index in [0.29, 0.717) is 12.1 Å². The minimum Gasteiger partial charge on any atom is -0.447 e. The van der Waals surface area contributed by atoms with Crippen molar-refractivity contribution in [2.75, 3.05) is 13.2 Å². The van der Waals surface area contributed by atoms with Gasteiger partial charge >= 0.3 is 0 Å². The lowest BCUT2D eigenvalue weighted by atomic mass is 10.1. The van der Waals surface area contributed by atoms with E-state index in [9.17, 15) is 0 Å². The molecule has 2 atom stereocenters. The standard InChI is InChI=1S/C13H22N2O2/c1-9(2)15-6-4-5-12(15)13-14-11(8-17-13)10(3)7-16/h8-10,12,16H,4-7H2,1-3H3. The lowest BCUT2D eigenvalue weighted by Gasteiger charge is -2.25. The van der Waals surface area contributed by atoms with Crippen LogP contribution in [0.1, 0.15) is 57.2 Å². The van der Waals surface area contributed by atoms with E-state index in [0.717, 1.165) is 24.6 Å². The van der Waals surface area contributed by atoms with Gasteiger partial charge in [0, 0.05) is 12.0 Å². The van der Waals surface area contributed by atoms with Gasteiger partial charge in [-0.2, -0.15) is 0 Å². The van der Waals surface area contributed by atoms with E-state index in [2.05, 4.69) is 23.7 Å². The molecule has 2 unspecified atom stereocenters. The summed E-state index contributed by atoms with van der Waals surface area (Å²) in [5.74, 6) is 0.868. The van der Waals surface area contributed by atoms with E-state index in [-0.39, 0.29) is 12.5 Å². The molecule has 1 aliphatic rings. The van der Waals surface area contributed by atoms with Gasteiger partial charge < -0.3 is 9.52 Å². The first-order valence-electron chi connectivity index (χ1n) is 6.45. The maximum Gasteiger partial charge on any atom is 0.211 e. The lowest BCUT2D eigenvalue weighted by molar-refractivity contribution is 0.179. The summed E-state index contributed by atoms with van der Waals surface area (Å²) in [5, 5.41) is 9.11. The fraction of sp³-hybridized carbons (Fsp3) is 0.769. The summed E-state index contributed by atoms with van der Waals surface area (Å²) in [6, 6.07) is 0.836. The van der Waals surface area contributed by atoms with Crippen LogP contribution in [0.2, 0.25) is 0 Å². The zero-order valence-corrected chi connectivity index (χ0v) is 10.9. The largest absolute Gasteiger partial charge is 0.447 e. The van der Waals surface area contributed by atoms with Crippen molar-refractivity contribution in [1.82, 2.24) is 9.88 Å². The van der Waals surface area contributed by atoms with Gasteiger partial charge in [-0.3, -0.25) is 4.90 Å². The summed E-state index contributed by atoms with van der Waals surface area (Å²) in [6.45, 7) is 7.60. The van der Waals surface area contributed by atoms with E-state index in [4.69, 9.17) is 9.52 Å². The van der Waals surface area contributed by atoms with Crippen molar-refractivity contribution < 1.29 is 9.52 Å². The Balaban J connectivity index is 2.14. The first-order valence-corrected chi connectivity index (χ1v) is 6.45. The van der Waals surface area contributed by atoms with Crippen molar-refractivity contribution in [1.29, 1.82) is 0 Å². The summed E-state index contributed by atoms with van der Waals surface area (Å²) in [6.07, 6.45) is 4.01. The molecule has 2 heterocycles. The average molecular weight is 238 g/mol. The summed E-state index contributed by atoms with van der Waals surface area (Å²) < 4.78 is 5.59. The molecule has 0 aromatic carbocycles. The Labute approximate surface area is 103 Å². The number of aliphatic hydroxyl groups is 1. The van der Waals surface area contributed by atoms with E-state index >= 15 is 0 Å². The van der Waals surface area contributed by atoms with Crippen LogP contribution < -0.4 is 0 Å². The average Bonchev–Trinajstić information content (AvgIpc) is 2.95. The third kappa shape index (κ3) is 2.53. The van der Waals surface area contributed by atoms with Crippen molar-refractivity contribution in [3.05, 3.63) is 17.8 Å². The van der Waals surface area contributed by atoms with E-state index in [1.807, 2.05) is 6.92 Å². The van der Waals surface area contributed by atoms with Gasteiger partial charge in [0.25, 0.3) is 0 Å². The minimum absolute atomic E-state index is 0.0569. The highest BCUT2D eigenvalue weighted by Gasteiger charge is 2.31. The Kier molecular flexibility index (Phi) is 3.84. The Bertz CT molecular complexity index is 362. The molecule has 4 heteroatoms. The molecule has 17 heavy (non-hydrogen) atoms. The van der Waals surface area contributed by atoms with Crippen LogP contribution in [0, 0.1) is 0 Å². The fourth-order valence-electron chi connectivity index (χ4n) is 2.45. The molecular formula is C13H22N2O2. The number of likely N-dealkylation sites (tertiary alicyclic amines) is 1. The highest BCUT2D eigenvalue weighted by molar-refractivity contribution is 5.06. The minimum atomic E-state index is 0.0569. The molecule has 0 saturated carbocycles. The quantitative estimate of drug-likeness (QED) is 0.874. The van der Waals surface area contributed by atoms with Crippen molar-refractivity contribution in [3.63, 3.8) is 0 Å². The zero-order valence-electron chi connectivity index (χ0n) is 10.9. The number of aromatic nitrogens is 1. The second-order valence-electron chi connectivity index (χ2n) is 5.18. The maximum atomic E-state index is 9.11. The predicted molar refractivity (Wildman–Crippen MR) is 65.8 cm³/mol.